The van der Waals surface area contributed by atoms with Crippen LogP contribution in [-0.4, -0.2) is 27.7 Å². The lowest BCUT2D eigenvalue weighted by Gasteiger charge is -2.04. The zero-order valence-electron chi connectivity index (χ0n) is 10.5. The van der Waals surface area contributed by atoms with Crippen LogP contribution in [0.5, 0.6) is 5.75 Å². The van der Waals surface area contributed by atoms with Crippen LogP contribution in [0.4, 0.5) is 0 Å². The van der Waals surface area contributed by atoms with E-state index in [1.54, 1.807) is 31.4 Å². The summed E-state index contributed by atoms with van der Waals surface area (Å²) < 4.78 is 10.7. The molecule has 0 amide bonds. The van der Waals surface area contributed by atoms with Crippen LogP contribution in [0.15, 0.2) is 45.6 Å². The van der Waals surface area contributed by atoms with Crippen molar-refractivity contribution in [3.63, 3.8) is 0 Å². The van der Waals surface area contributed by atoms with Gasteiger partial charge in [-0.25, -0.2) is 0 Å². The molecule has 0 saturated heterocycles. The number of benzene rings is 1. The van der Waals surface area contributed by atoms with Crippen molar-refractivity contribution in [1.29, 1.82) is 0 Å². The predicted molar refractivity (Wildman–Crippen MR) is 70.1 cm³/mol. The molecule has 0 radical (unpaired) electrons. The van der Waals surface area contributed by atoms with E-state index in [0.29, 0.717) is 5.76 Å². The lowest BCUT2D eigenvalue weighted by atomic mass is 10.1. The van der Waals surface area contributed by atoms with Crippen LogP contribution in [0, 0.1) is 0 Å². The Morgan fingerprint density at radius 1 is 1.15 bits per heavy atom. The maximum atomic E-state index is 11.7. The van der Waals surface area contributed by atoms with Crippen molar-refractivity contribution < 1.29 is 9.15 Å². The van der Waals surface area contributed by atoms with Crippen LogP contribution < -0.4 is 10.2 Å². The van der Waals surface area contributed by atoms with E-state index in [1.807, 2.05) is 0 Å². The third-order valence-corrected chi connectivity index (χ3v) is 2.71. The number of nitrogens with zero attached hydrogens (tertiary/aromatic N) is 3. The quantitative estimate of drug-likeness (QED) is 0.775. The number of rotatable bonds is 3. The minimum absolute atomic E-state index is 0.193. The van der Waals surface area contributed by atoms with Crippen LogP contribution in [0.2, 0.25) is 0 Å². The predicted octanol–water partition coefficient (Wildman–Crippen LogP) is 1.50. The second-order valence-electron chi connectivity index (χ2n) is 3.99. The van der Waals surface area contributed by atoms with Crippen LogP contribution in [0.3, 0.4) is 0 Å². The third kappa shape index (κ3) is 2.28. The Bertz CT molecular complexity index is 763. The molecule has 1 aromatic carbocycles. The summed E-state index contributed by atoms with van der Waals surface area (Å²) in [6.45, 7) is 0. The molecule has 0 bridgehead atoms. The molecule has 1 N–H and O–H groups in total. The van der Waals surface area contributed by atoms with Gasteiger partial charge in [0.2, 0.25) is 5.82 Å². The summed E-state index contributed by atoms with van der Waals surface area (Å²) >= 11 is 0. The van der Waals surface area contributed by atoms with Crippen molar-refractivity contribution >= 4 is 0 Å². The van der Waals surface area contributed by atoms with E-state index >= 15 is 0 Å². The molecule has 7 heteroatoms. The molecule has 0 saturated carbocycles. The van der Waals surface area contributed by atoms with Gasteiger partial charge in [0.05, 0.1) is 7.11 Å². The number of methoxy groups -OCH3 is 1. The van der Waals surface area contributed by atoms with E-state index in [1.165, 1.54) is 12.1 Å². The molecular weight excluding hydrogens is 260 g/mol. The molecule has 3 rings (SSSR count). The molecule has 0 aliphatic heterocycles. The molecule has 0 fully saturated rings. The number of H-pyrrole nitrogens is 1. The monoisotopic (exact) mass is 270 g/mol. The van der Waals surface area contributed by atoms with Gasteiger partial charge in [0.15, 0.2) is 11.2 Å². The Morgan fingerprint density at radius 2 is 1.90 bits per heavy atom. The van der Waals surface area contributed by atoms with E-state index < -0.39 is 0 Å². The highest BCUT2D eigenvalue weighted by molar-refractivity contribution is 5.60. The minimum atomic E-state index is -0.193. The Kier molecular flexibility index (Phi) is 3.00. The standard InChI is InChI=1S/C13H10N4O3/c1-19-10-4-2-8(3-5-10)11-6-9(18)7-12(20-11)13-14-16-17-15-13/h2-7H,1H3,(H,14,15,16,17). The van der Waals surface area contributed by atoms with Crippen LogP contribution in [-0.2, 0) is 0 Å². The summed E-state index contributed by atoms with van der Waals surface area (Å²) in [5, 5.41) is 13.3. The molecule has 20 heavy (non-hydrogen) atoms. The SMILES string of the molecule is COc1ccc(-c2cc(=O)cc(-c3nn[nH]n3)o2)cc1. The number of nitrogens with one attached hydrogen (secondary N) is 1. The van der Waals surface area contributed by atoms with Gasteiger partial charge in [0.1, 0.15) is 11.5 Å². The highest BCUT2D eigenvalue weighted by Gasteiger charge is 2.10. The van der Waals surface area contributed by atoms with Gasteiger partial charge in [-0.2, -0.15) is 5.21 Å². The minimum Gasteiger partial charge on any atom is -0.497 e. The van der Waals surface area contributed by atoms with Gasteiger partial charge in [-0.05, 0) is 29.5 Å². The van der Waals surface area contributed by atoms with Crippen molar-refractivity contribution in [3.05, 3.63) is 46.6 Å². The average molecular weight is 270 g/mol. The van der Waals surface area contributed by atoms with Gasteiger partial charge in [0.25, 0.3) is 0 Å². The highest BCUT2D eigenvalue weighted by atomic mass is 16.5. The van der Waals surface area contributed by atoms with Gasteiger partial charge >= 0.3 is 0 Å². The molecule has 2 heterocycles. The molecule has 0 atom stereocenters. The highest BCUT2D eigenvalue weighted by Crippen LogP contribution is 2.24. The number of hydrogen-bond donors (Lipinski definition) is 1. The molecular formula is C13H10N4O3. The maximum absolute atomic E-state index is 11.7. The molecule has 2 aromatic heterocycles. The fourth-order valence-electron chi connectivity index (χ4n) is 1.75. The van der Waals surface area contributed by atoms with Crippen molar-refractivity contribution in [2.75, 3.05) is 7.11 Å². The van der Waals surface area contributed by atoms with Crippen LogP contribution in [0.25, 0.3) is 22.9 Å². The number of aromatic amines is 1. The maximum Gasteiger partial charge on any atom is 0.239 e. The van der Waals surface area contributed by atoms with Gasteiger partial charge < -0.3 is 9.15 Å². The summed E-state index contributed by atoms with van der Waals surface area (Å²) in [5.74, 6) is 1.65. The van der Waals surface area contributed by atoms with Crippen molar-refractivity contribution in [3.8, 4) is 28.7 Å². The molecule has 7 nitrogen and oxygen atoms in total. The Labute approximate surface area is 113 Å². The Balaban J connectivity index is 2.07. The fraction of sp³-hybridized carbons (Fsp3) is 0.0769. The fourth-order valence-corrected chi connectivity index (χ4v) is 1.75. The van der Waals surface area contributed by atoms with Gasteiger partial charge in [-0.15, -0.1) is 10.2 Å². The second kappa shape index (κ2) is 4.96. The second-order valence-corrected chi connectivity index (χ2v) is 3.99. The van der Waals surface area contributed by atoms with E-state index in [4.69, 9.17) is 9.15 Å². The summed E-state index contributed by atoms with van der Waals surface area (Å²) in [7, 11) is 1.59. The normalized spacial score (nSPS) is 10.4. The molecule has 0 spiro atoms. The zero-order valence-corrected chi connectivity index (χ0v) is 10.5. The summed E-state index contributed by atoms with van der Waals surface area (Å²) in [4.78, 5) is 11.7. The van der Waals surface area contributed by atoms with Crippen molar-refractivity contribution in [2.24, 2.45) is 0 Å². The zero-order chi connectivity index (χ0) is 13.9. The van der Waals surface area contributed by atoms with Crippen molar-refractivity contribution in [2.45, 2.75) is 0 Å². The van der Waals surface area contributed by atoms with Gasteiger partial charge in [-0.3, -0.25) is 4.79 Å². The summed E-state index contributed by atoms with van der Waals surface area (Å²) in [5.41, 5.74) is 0.565. The first-order chi connectivity index (χ1) is 9.76. The first-order valence-electron chi connectivity index (χ1n) is 5.80. The Morgan fingerprint density at radius 3 is 2.55 bits per heavy atom. The van der Waals surface area contributed by atoms with Gasteiger partial charge in [0, 0.05) is 17.7 Å². The smallest absolute Gasteiger partial charge is 0.239 e. The molecule has 0 aliphatic rings. The van der Waals surface area contributed by atoms with E-state index in [0.717, 1.165) is 11.3 Å². The lowest BCUT2D eigenvalue weighted by molar-refractivity contribution is 0.415. The molecule has 100 valence electrons. The largest absolute Gasteiger partial charge is 0.497 e. The van der Waals surface area contributed by atoms with Crippen molar-refractivity contribution in [1.82, 2.24) is 20.6 Å². The van der Waals surface area contributed by atoms with E-state index in [-0.39, 0.29) is 17.0 Å². The van der Waals surface area contributed by atoms with Crippen LogP contribution >= 0.6 is 0 Å². The topological polar surface area (TPSA) is 93.9 Å². The van der Waals surface area contributed by atoms with Crippen LogP contribution in [0.1, 0.15) is 0 Å². The Hall–Kier alpha value is -2.96. The summed E-state index contributed by atoms with van der Waals surface area (Å²) in [6, 6.07) is 9.91. The first-order valence-corrected chi connectivity index (χ1v) is 5.80. The molecule has 0 unspecified atom stereocenters. The number of aromatic nitrogens is 4. The first kappa shape index (κ1) is 12.1. The number of ether oxygens (including phenoxy) is 1. The van der Waals surface area contributed by atoms with E-state index in [2.05, 4.69) is 20.6 Å². The van der Waals surface area contributed by atoms with E-state index in [9.17, 15) is 4.79 Å². The number of tetrazole rings is 1. The number of hydrogen-bond acceptors (Lipinski definition) is 6. The molecule has 3 aromatic rings. The van der Waals surface area contributed by atoms with Gasteiger partial charge in [-0.1, -0.05) is 0 Å². The summed E-state index contributed by atoms with van der Waals surface area (Å²) in [6.07, 6.45) is 0. The molecule has 0 aliphatic carbocycles. The average Bonchev–Trinajstić information content (AvgIpc) is 3.01. The third-order valence-electron chi connectivity index (χ3n) is 2.71. The lowest BCUT2D eigenvalue weighted by Crippen LogP contribution is -1.99.